The minimum atomic E-state index is -0.511. The number of nitrogens with one attached hydrogen (secondary N) is 1. The monoisotopic (exact) mass is 328 g/mol. The topological polar surface area (TPSA) is 98.5 Å². The summed E-state index contributed by atoms with van der Waals surface area (Å²) in [7, 11) is 0. The zero-order valence-electron chi connectivity index (χ0n) is 13.2. The van der Waals surface area contributed by atoms with Gasteiger partial charge < -0.3 is 10.1 Å². The van der Waals surface area contributed by atoms with E-state index in [4.69, 9.17) is 4.74 Å². The number of nitrogens with zero attached hydrogens (tertiary/aromatic N) is 1. The molecule has 2 rings (SSSR count). The predicted octanol–water partition coefficient (Wildman–Crippen LogP) is 3.33. The molecule has 0 bridgehead atoms. The number of carbonyl (C=O) groups excluding carboxylic acids is 2. The highest BCUT2D eigenvalue weighted by Crippen LogP contribution is 2.19. The number of carbonyl (C=O) groups is 2. The van der Waals surface area contributed by atoms with E-state index in [2.05, 4.69) is 5.32 Å². The fourth-order valence-corrected chi connectivity index (χ4v) is 2.12. The number of anilines is 1. The van der Waals surface area contributed by atoms with Gasteiger partial charge in [-0.2, -0.15) is 0 Å². The molecule has 0 saturated heterocycles. The number of esters is 1. The first kappa shape index (κ1) is 17.1. The second kappa shape index (κ2) is 7.36. The number of nitro benzene ring substituents is 1. The van der Waals surface area contributed by atoms with Gasteiger partial charge in [0.2, 0.25) is 0 Å². The van der Waals surface area contributed by atoms with E-state index in [1.54, 1.807) is 38.1 Å². The molecule has 0 aliphatic rings. The van der Waals surface area contributed by atoms with Crippen LogP contribution in [0.15, 0.2) is 42.5 Å². The fourth-order valence-electron chi connectivity index (χ4n) is 2.12. The third kappa shape index (κ3) is 3.95. The molecule has 0 aromatic heterocycles. The molecule has 0 saturated carbocycles. The first-order valence-electron chi connectivity index (χ1n) is 7.26. The lowest BCUT2D eigenvalue weighted by atomic mass is 10.1. The minimum Gasteiger partial charge on any atom is -0.462 e. The van der Waals surface area contributed by atoms with E-state index < -0.39 is 10.9 Å². The van der Waals surface area contributed by atoms with Crippen LogP contribution in [0, 0.1) is 17.0 Å². The van der Waals surface area contributed by atoms with Crippen molar-refractivity contribution in [1.29, 1.82) is 0 Å². The summed E-state index contributed by atoms with van der Waals surface area (Å²) in [6, 6.07) is 10.3. The molecule has 2 aromatic rings. The summed E-state index contributed by atoms with van der Waals surface area (Å²) in [6.45, 7) is 3.64. The van der Waals surface area contributed by atoms with Crippen LogP contribution in [-0.4, -0.2) is 23.4 Å². The molecule has 2 aromatic carbocycles. The zero-order chi connectivity index (χ0) is 17.7. The molecule has 0 radical (unpaired) electrons. The Morgan fingerprint density at radius 2 is 1.83 bits per heavy atom. The molecular formula is C17H16N2O5. The van der Waals surface area contributed by atoms with Gasteiger partial charge in [-0.1, -0.05) is 0 Å². The van der Waals surface area contributed by atoms with E-state index in [-0.39, 0.29) is 18.2 Å². The number of non-ortho nitro benzene ring substituents is 1. The third-order valence-electron chi connectivity index (χ3n) is 3.32. The van der Waals surface area contributed by atoms with Crippen molar-refractivity contribution < 1.29 is 19.2 Å². The van der Waals surface area contributed by atoms with Crippen molar-refractivity contribution in [2.75, 3.05) is 11.9 Å². The van der Waals surface area contributed by atoms with Crippen molar-refractivity contribution >= 4 is 23.3 Å². The van der Waals surface area contributed by atoms with Gasteiger partial charge in [-0.15, -0.1) is 0 Å². The molecule has 0 unspecified atom stereocenters. The Balaban J connectivity index is 2.12. The van der Waals surface area contributed by atoms with Gasteiger partial charge in [-0.25, -0.2) is 4.79 Å². The summed E-state index contributed by atoms with van der Waals surface area (Å²) in [6.07, 6.45) is 0. The van der Waals surface area contributed by atoms with Gasteiger partial charge in [-0.05, 0) is 49.7 Å². The molecule has 0 aliphatic carbocycles. The largest absolute Gasteiger partial charge is 0.462 e. The quantitative estimate of drug-likeness (QED) is 0.515. The number of benzene rings is 2. The average molecular weight is 328 g/mol. The van der Waals surface area contributed by atoms with E-state index in [1.807, 2.05) is 0 Å². The van der Waals surface area contributed by atoms with Crippen LogP contribution in [0.25, 0.3) is 0 Å². The Labute approximate surface area is 138 Å². The second-order valence-electron chi connectivity index (χ2n) is 5.01. The maximum Gasteiger partial charge on any atom is 0.338 e. The smallest absolute Gasteiger partial charge is 0.338 e. The molecule has 124 valence electrons. The van der Waals surface area contributed by atoms with E-state index in [1.165, 1.54) is 18.2 Å². The molecule has 7 nitrogen and oxygen atoms in total. The van der Waals surface area contributed by atoms with Crippen molar-refractivity contribution in [3.05, 3.63) is 69.3 Å². The summed E-state index contributed by atoms with van der Waals surface area (Å²) in [5, 5.41) is 13.4. The van der Waals surface area contributed by atoms with Gasteiger partial charge in [0.25, 0.3) is 11.6 Å². The molecule has 0 heterocycles. The lowest BCUT2D eigenvalue weighted by Crippen LogP contribution is -2.13. The summed E-state index contributed by atoms with van der Waals surface area (Å²) in [5.41, 5.74) is 1.68. The Hall–Kier alpha value is -3.22. The Kier molecular flexibility index (Phi) is 5.26. The van der Waals surface area contributed by atoms with Crippen LogP contribution in [0.4, 0.5) is 11.4 Å². The van der Waals surface area contributed by atoms with Crippen LogP contribution in [-0.2, 0) is 4.74 Å². The van der Waals surface area contributed by atoms with Crippen molar-refractivity contribution in [2.24, 2.45) is 0 Å². The standard InChI is InChI=1S/C17H16N2O5/c1-3-24-17(21)12-4-6-13(7-5-12)18-16(20)15-9-8-14(19(22)23)10-11(15)2/h4-10H,3H2,1-2H3,(H,18,20). The van der Waals surface area contributed by atoms with Crippen LogP contribution in [0.3, 0.4) is 0 Å². The molecule has 0 aliphatic heterocycles. The van der Waals surface area contributed by atoms with E-state index in [9.17, 15) is 19.7 Å². The number of hydrogen-bond donors (Lipinski definition) is 1. The van der Waals surface area contributed by atoms with Gasteiger partial charge in [0, 0.05) is 23.4 Å². The average Bonchev–Trinajstić information content (AvgIpc) is 2.55. The van der Waals surface area contributed by atoms with E-state index >= 15 is 0 Å². The Morgan fingerprint density at radius 1 is 1.17 bits per heavy atom. The summed E-state index contributed by atoms with van der Waals surface area (Å²) < 4.78 is 4.88. The fraction of sp³-hybridized carbons (Fsp3) is 0.176. The highest BCUT2D eigenvalue weighted by atomic mass is 16.6. The van der Waals surface area contributed by atoms with Gasteiger partial charge in [-0.3, -0.25) is 14.9 Å². The summed E-state index contributed by atoms with van der Waals surface area (Å²) >= 11 is 0. The number of ether oxygens (including phenoxy) is 1. The normalized spacial score (nSPS) is 10.1. The molecule has 0 spiro atoms. The minimum absolute atomic E-state index is 0.0668. The number of amides is 1. The highest BCUT2D eigenvalue weighted by Gasteiger charge is 2.14. The first-order chi connectivity index (χ1) is 11.4. The van der Waals surface area contributed by atoms with Gasteiger partial charge in [0.15, 0.2) is 0 Å². The molecule has 0 fully saturated rings. The molecule has 0 atom stereocenters. The van der Waals surface area contributed by atoms with Gasteiger partial charge in [0.05, 0.1) is 17.1 Å². The van der Waals surface area contributed by atoms with Crippen LogP contribution in [0.5, 0.6) is 0 Å². The lowest BCUT2D eigenvalue weighted by Gasteiger charge is -2.08. The molecular weight excluding hydrogens is 312 g/mol. The summed E-state index contributed by atoms with van der Waals surface area (Å²) in [5.74, 6) is -0.812. The maximum absolute atomic E-state index is 12.3. The summed E-state index contributed by atoms with van der Waals surface area (Å²) in [4.78, 5) is 34.0. The van der Waals surface area contributed by atoms with Crippen LogP contribution in [0.2, 0.25) is 0 Å². The van der Waals surface area contributed by atoms with Crippen molar-refractivity contribution in [3.8, 4) is 0 Å². The SMILES string of the molecule is CCOC(=O)c1ccc(NC(=O)c2ccc([N+](=O)[O-])cc2C)cc1. The van der Waals surface area contributed by atoms with Crippen LogP contribution < -0.4 is 5.32 Å². The van der Waals surface area contributed by atoms with Gasteiger partial charge in [0.1, 0.15) is 0 Å². The van der Waals surface area contributed by atoms with E-state index in [0.717, 1.165) is 0 Å². The number of aryl methyl sites for hydroxylation is 1. The van der Waals surface area contributed by atoms with Crippen molar-refractivity contribution in [1.82, 2.24) is 0 Å². The molecule has 1 N–H and O–H groups in total. The van der Waals surface area contributed by atoms with Gasteiger partial charge >= 0.3 is 5.97 Å². The first-order valence-corrected chi connectivity index (χ1v) is 7.26. The second-order valence-corrected chi connectivity index (χ2v) is 5.01. The predicted molar refractivity (Wildman–Crippen MR) is 88.2 cm³/mol. The maximum atomic E-state index is 12.3. The van der Waals surface area contributed by atoms with Crippen molar-refractivity contribution in [2.45, 2.75) is 13.8 Å². The Morgan fingerprint density at radius 3 is 2.38 bits per heavy atom. The Bertz CT molecular complexity index is 784. The number of nitro groups is 1. The third-order valence-corrected chi connectivity index (χ3v) is 3.32. The van der Waals surface area contributed by atoms with Crippen LogP contribution in [0.1, 0.15) is 33.2 Å². The van der Waals surface area contributed by atoms with Crippen molar-refractivity contribution in [3.63, 3.8) is 0 Å². The molecule has 24 heavy (non-hydrogen) atoms. The molecule has 7 heteroatoms. The highest BCUT2D eigenvalue weighted by molar-refractivity contribution is 6.05. The lowest BCUT2D eigenvalue weighted by molar-refractivity contribution is -0.384. The number of rotatable bonds is 5. The van der Waals surface area contributed by atoms with E-state index in [0.29, 0.717) is 22.4 Å². The number of hydrogen-bond acceptors (Lipinski definition) is 5. The molecule has 1 amide bonds. The zero-order valence-corrected chi connectivity index (χ0v) is 13.2. The van der Waals surface area contributed by atoms with Crippen LogP contribution >= 0.6 is 0 Å².